The van der Waals surface area contributed by atoms with Gasteiger partial charge in [-0.05, 0) is 25.7 Å². The van der Waals surface area contributed by atoms with Crippen LogP contribution >= 0.6 is 0 Å². The Morgan fingerprint density at radius 1 is 1.45 bits per heavy atom. The lowest BCUT2D eigenvalue weighted by Crippen LogP contribution is -2.32. The number of carboxylic acids is 1. The smallest absolute Gasteiger partial charge is 0.373 e. The van der Waals surface area contributed by atoms with Crippen molar-refractivity contribution in [2.45, 2.75) is 58.5 Å². The molecule has 1 saturated carbocycles. The normalized spacial score (nSPS) is 22.6. The van der Waals surface area contributed by atoms with Gasteiger partial charge in [0.1, 0.15) is 0 Å². The monoisotopic (exact) mass is 281 g/mol. The molecule has 0 saturated heterocycles. The van der Waals surface area contributed by atoms with Crippen molar-refractivity contribution < 1.29 is 19.1 Å². The summed E-state index contributed by atoms with van der Waals surface area (Å²) in [6, 6.07) is 0. The van der Waals surface area contributed by atoms with Crippen LogP contribution in [0.5, 0.6) is 0 Å². The van der Waals surface area contributed by atoms with Crippen LogP contribution in [0.2, 0.25) is 0 Å². The Morgan fingerprint density at radius 2 is 2.10 bits per heavy atom. The maximum absolute atomic E-state index is 11.2. The van der Waals surface area contributed by atoms with Crippen molar-refractivity contribution in [2.24, 2.45) is 5.92 Å². The number of oxazole rings is 1. The zero-order chi connectivity index (χ0) is 14.9. The molecule has 0 spiro atoms. The summed E-state index contributed by atoms with van der Waals surface area (Å²) < 4.78 is 11.0. The first-order chi connectivity index (χ1) is 9.31. The highest BCUT2D eigenvalue weighted by atomic mass is 16.5. The average molecular weight is 281 g/mol. The summed E-state index contributed by atoms with van der Waals surface area (Å²) in [6.45, 7) is 8.56. The van der Waals surface area contributed by atoms with Crippen LogP contribution in [-0.4, -0.2) is 28.8 Å². The summed E-state index contributed by atoms with van der Waals surface area (Å²) in [6.07, 6.45) is 3.05. The van der Waals surface area contributed by atoms with Crippen LogP contribution in [-0.2, 0) is 16.6 Å². The van der Waals surface area contributed by atoms with Gasteiger partial charge in [0.25, 0.3) is 0 Å². The number of hydrogen-bond acceptors (Lipinski definition) is 4. The van der Waals surface area contributed by atoms with Crippen molar-refractivity contribution in [1.82, 2.24) is 4.98 Å². The summed E-state index contributed by atoms with van der Waals surface area (Å²) in [7, 11) is 0. The third-order valence-electron chi connectivity index (χ3n) is 3.63. The minimum absolute atomic E-state index is 0.0202. The summed E-state index contributed by atoms with van der Waals surface area (Å²) >= 11 is 0. The standard InChI is InChI=1S/C15H23NO4/c1-5-19-10-6-9(7-10)8-11-16-13(15(2,3)4)12(20-11)14(17)18/h9-10H,5-8H2,1-4H3,(H,17,18). The van der Waals surface area contributed by atoms with E-state index in [1.807, 2.05) is 27.7 Å². The Bertz CT molecular complexity index is 481. The first-order valence-electron chi connectivity index (χ1n) is 7.16. The minimum Gasteiger partial charge on any atom is -0.475 e. The molecule has 0 aliphatic heterocycles. The third kappa shape index (κ3) is 3.20. The Labute approximate surface area is 119 Å². The molecule has 0 bridgehead atoms. The first kappa shape index (κ1) is 15.0. The van der Waals surface area contributed by atoms with E-state index in [0.29, 0.717) is 30.0 Å². The Morgan fingerprint density at radius 3 is 2.55 bits per heavy atom. The van der Waals surface area contributed by atoms with Crippen LogP contribution in [0.15, 0.2) is 4.42 Å². The zero-order valence-electron chi connectivity index (χ0n) is 12.6. The number of carbonyl (C=O) groups is 1. The molecule has 1 aromatic rings. The highest BCUT2D eigenvalue weighted by Crippen LogP contribution is 2.34. The van der Waals surface area contributed by atoms with E-state index in [4.69, 9.17) is 9.15 Å². The second kappa shape index (κ2) is 5.56. The predicted molar refractivity (Wildman–Crippen MR) is 74.0 cm³/mol. The van der Waals surface area contributed by atoms with Crippen molar-refractivity contribution in [3.8, 4) is 0 Å². The molecule has 20 heavy (non-hydrogen) atoms. The van der Waals surface area contributed by atoms with Crippen molar-refractivity contribution in [3.05, 3.63) is 17.3 Å². The molecule has 0 unspecified atom stereocenters. The van der Waals surface area contributed by atoms with E-state index in [9.17, 15) is 9.90 Å². The van der Waals surface area contributed by atoms with Crippen molar-refractivity contribution in [3.63, 3.8) is 0 Å². The zero-order valence-corrected chi connectivity index (χ0v) is 12.6. The number of hydrogen-bond donors (Lipinski definition) is 1. The highest BCUT2D eigenvalue weighted by Gasteiger charge is 2.33. The van der Waals surface area contributed by atoms with Crippen LogP contribution in [0.1, 0.15) is 62.7 Å². The molecule has 0 atom stereocenters. The van der Waals surface area contributed by atoms with E-state index in [2.05, 4.69) is 4.98 Å². The van der Waals surface area contributed by atoms with E-state index in [-0.39, 0.29) is 11.2 Å². The molecular weight excluding hydrogens is 258 g/mol. The van der Waals surface area contributed by atoms with E-state index in [1.54, 1.807) is 0 Å². The van der Waals surface area contributed by atoms with Gasteiger partial charge < -0.3 is 14.3 Å². The Hall–Kier alpha value is -1.36. The van der Waals surface area contributed by atoms with Gasteiger partial charge in [0.2, 0.25) is 5.76 Å². The van der Waals surface area contributed by atoms with E-state index < -0.39 is 5.97 Å². The van der Waals surface area contributed by atoms with Gasteiger partial charge in [-0.25, -0.2) is 9.78 Å². The number of rotatable bonds is 5. The van der Waals surface area contributed by atoms with Gasteiger partial charge in [-0.2, -0.15) is 0 Å². The summed E-state index contributed by atoms with van der Waals surface area (Å²) in [4.78, 5) is 15.6. The van der Waals surface area contributed by atoms with Gasteiger partial charge in [-0.1, -0.05) is 20.8 Å². The van der Waals surface area contributed by atoms with Crippen molar-refractivity contribution in [1.29, 1.82) is 0 Å². The van der Waals surface area contributed by atoms with Crippen LogP contribution < -0.4 is 0 Å². The minimum atomic E-state index is -1.05. The van der Waals surface area contributed by atoms with E-state index in [0.717, 1.165) is 19.4 Å². The molecule has 1 heterocycles. The quantitative estimate of drug-likeness (QED) is 0.898. The first-order valence-corrected chi connectivity index (χ1v) is 7.16. The topological polar surface area (TPSA) is 72.6 Å². The molecule has 1 aliphatic carbocycles. The van der Waals surface area contributed by atoms with Gasteiger partial charge in [0.15, 0.2) is 5.89 Å². The van der Waals surface area contributed by atoms with E-state index >= 15 is 0 Å². The molecule has 1 fully saturated rings. The van der Waals surface area contributed by atoms with Gasteiger partial charge >= 0.3 is 5.97 Å². The molecule has 1 aromatic heterocycles. The fraction of sp³-hybridized carbons (Fsp3) is 0.733. The Kier molecular flexibility index (Phi) is 4.18. The van der Waals surface area contributed by atoms with Crippen LogP contribution in [0.3, 0.4) is 0 Å². The van der Waals surface area contributed by atoms with Gasteiger partial charge in [-0.3, -0.25) is 0 Å². The number of nitrogens with zero attached hydrogens (tertiary/aromatic N) is 1. The molecule has 112 valence electrons. The molecule has 1 N–H and O–H groups in total. The molecule has 2 rings (SSSR count). The van der Waals surface area contributed by atoms with Crippen molar-refractivity contribution >= 4 is 5.97 Å². The highest BCUT2D eigenvalue weighted by molar-refractivity contribution is 5.86. The average Bonchev–Trinajstić information content (AvgIpc) is 2.70. The number of ether oxygens (including phenoxy) is 1. The van der Waals surface area contributed by atoms with Crippen molar-refractivity contribution in [2.75, 3.05) is 6.61 Å². The number of aromatic carboxylic acids is 1. The molecule has 1 aliphatic rings. The summed E-state index contributed by atoms with van der Waals surface area (Å²) in [5, 5.41) is 9.21. The van der Waals surface area contributed by atoms with Crippen LogP contribution in [0.25, 0.3) is 0 Å². The van der Waals surface area contributed by atoms with Gasteiger partial charge in [-0.15, -0.1) is 0 Å². The molecule has 0 amide bonds. The molecular formula is C15H23NO4. The van der Waals surface area contributed by atoms with Gasteiger partial charge in [0.05, 0.1) is 11.8 Å². The maximum atomic E-state index is 11.2. The van der Waals surface area contributed by atoms with Crippen LogP contribution in [0, 0.1) is 5.92 Å². The second-order valence-electron chi connectivity index (χ2n) is 6.46. The number of carboxylic acid groups (broad SMARTS) is 1. The fourth-order valence-electron chi connectivity index (χ4n) is 2.56. The Balaban J connectivity index is 2.05. The molecule has 5 nitrogen and oxygen atoms in total. The lowest BCUT2D eigenvalue weighted by molar-refractivity contribution is -0.0256. The molecule has 0 aromatic carbocycles. The van der Waals surface area contributed by atoms with E-state index in [1.165, 1.54) is 0 Å². The number of aromatic nitrogens is 1. The third-order valence-corrected chi connectivity index (χ3v) is 3.63. The van der Waals surface area contributed by atoms with Crippen LogP contribution in [0.4, 0.5) is 0 Å². The molecule has 0 radical (unpaired) electrons. The fourth-order valence-corrected chi connectivity index (χ4v) is 2.56. The SMILES string of the molecule is CCOC1CC(Cc2nc(C(C)(C)C)c(C(=O)O)o2)C1. The lowest BCUT2D eigenvalue weighted by Gasteiger charge is -2.34. The summed E-state index contributed by atoms with van der Waals surface area (Å²) in [5.74, 6) is -0.0467. The second-order valence-corrected chi connectivity index (χ2v) is 6.46. The summed E-state index contributed by atoms with van der Waals surface area (Å²) in [5.41, 5.74) is 0.198. The largest absolute Gasteiger partial charge is 0.475 e. The van der Waals surface area contributed by atoms with Gasteiger partial charge in [0, 0.05) is 18.4 Å². The predicted octanol–water partition coefficient (Wildman–Crippen LogP) is 3.03. The maximum Gasteiger partial charge on any atom is 0.373 e. The molecule has 5 heteroatoms. The lowest BCUT2D eigenvalue weighted by atomic mass is 9.80.